The molecule has 0 aliphatic rings. The van der Waals surface area contributed by atoms with Gasteiger partial charge < -0.3 is 10.1 Å². The van der Waals surface area contributed by atoms with Crippen molar-refractivity contribution in [3.63, 3.8) is 0 Å². The van der Waals surface area contributed by atoms with Crippen LogP contribution in [0, 0.1) is 6.92 Å². The molecule has 0 saturated carbocycles. The molecule has 3 aromatic rings. The summed E-state index contributed by atoms with van der Waals surface area (Å²) in [6.45, 7) is 1.43. The maximum absolute atomic E-state index is 12.5. The van der Waals surface area contributed by atoms with Crippen LogP contribution in [0.3, 0.4) is 0 Å². The van der Waals surface area contributed by atoms with Crippen LogP contribution in [0.1, 0.15) is 12.0 Å². The molecule has 0 atom stereocenters. The third kappa shape index (κ3) is 5.65. The van der Waals surface area contributed by atoms with Gasteiger partial charge in [-0.05, 0) is 47.5 Å². The van der Waals surface area contributed by atoms with Gasteiger partial charge in [0.15, 0.2) is 16.4 Å². The third-order valence-corrected chi connectivity index (χ3v) is 6.03. The van der Waals surface area contributed by atoms with Gasteiger partial charge in [0.2, 0.25) is 0 Å². The van der Waals surface area contributed by atoms with Crippen LogP contribution in [0.25, 0.3) is 10.8 Å². The highest BCUT2D eigenvalue weighted by Gasteiger charge is 2.18. The zero-order valence-electron chi connectivity index (χ0n) is 15.9. The van der Waals surface area contributed by atoms with Crippen molar-refractivity contribution < 1.29 is 22.7 Å². The second-order valence-electron chi connectivity index (χ2n) is 6.66. The number of hydrogen-bond donors (Lipinski definition) is 1. The number of hydrogen-bond acceptors (Lipinski definition) is 5. The van der Waals surface area contributed by atoms with E-state index < -0.39 is 28.3 Å². The van der Waals surface area contributed by atoms with Crippen LogP contribution < -0.4 is 5.32 Å². The van der Waals surface area contributed by atoms with Crippen LogP contribution in [-0.4, -0.2) is 32.7 Å². The van der Waals surface area contributed by atoms with Gasteiger partial charge >= 0.3 is 5.97 Å². The van der Waals surface area contributed by atoms with Crippen LogP contribution in [0.2, 0.25) is 0 Å². The number of aryl methyl sites for hydroxylation is 1. The Hall–Kier alpha value is -3.19. The molecular formula is C22H21NO5S. The van der Waals surface area contributed by atoms with Gasteiger partial charge in [0.25, 0.3) is 5.91 Å². The van der Waals surface area contributed by atoms with E-state index in [1.54, 1.807) is 30.3 Å². The summed E-state index contributed by atoms with van der Waals surface area (Å²) in [5.74, 6) is -1.61. The Bertz CT molecular complexity index is 1150. The summed E-state index contributed by atoms with van der Waals surface area (Å²) in [6, 6.07) is 19.5. The number of rotatable bonds is 7. The molecule has 7 heteroatoms. The lowest BCUT2D eigenvalue weighted by Gasteiger charge is -2.08. The first-order valence-electron chi connectivity index (χ1n) is 9.07. The maximum Gasteiger partial charge on any atom is 0.307 e. The van der Waals surface area contributed by atoms with E-state index in [1.807, 2.05) is 37.3 Å². The number of sulfone groups is 1. The molecule has 1 amide bonds. The van der Waals surface area contributed by atoms with E-state index in [2.05, 4.69) is 5.32 Å². The van der Waals surface area contributed by atoms with E-state index in [1.165, 1.54) is 6.07 Å². The van der Waals surface area contributed by atoms with Crippen LogP contribution in [0.5, 0.6) is 0 Å². The Morgan fingerprint density at radius 1 is 0.931 bits per heavy atom. The summed E-state index contributed by atoms with van der Waals surface area (Å²) in [5.41, 5.74) is 1.59. The fourth-order valence-electron chi connectivity index (χ4n) is 2.83. The molecule has 0 unspecified atom stereocenters. The van der Waals surface area contributed by atoms with Gasteiger partial charge in [-0.25, -0.2) is 8.42 Å². The van der Waals surface area contributed by atoms with E-state index in [-0.39, 0.29) is 17.1 Å². The number of fused-ring (bicyclic) bond motifs is 1. The summed E-state index contributed by atoms with van der Waals surface area (Å²) >= 11 is 0. The monoisotopic (exact) mass is 411 g/mol. The van der Waals surface area contributed by atoms with E-state index in [0.29, 0.717) is 5.69 Å². The Kier molecular flexibility index (Phi) is 6.29. The van der Waals surface area contributed by atoms with Crippen molar-refractivity contribution in [2.75, 3.05) is 17.7 Å². The number of esters is 1. The van der Waals surface area contributed by atoms with Crippen molar-refractivity contribution >= 4 is 38.2 Å². The highest BCUT2D eigenvalue weighted by atomic mass is 32.2. The number of ether oxygens (including phenoxy) is 1. The highest BCUT2D eigenvalue weighted by molar-refractivity contribution is 7.91. The number of amides is 1. The molecule has 0 saturated heterocycles. The number of benzene rings is 3. The van der Waals surface area contributed by atoms with Crippen molar-refractivity contribution in [3.8, 4) is 0 Å². The molecule has 0 bridgehead atoms. The van der Waals surface area contributed by atoms with E-state index >= 15 is 0 Å². The summed E-state index contributed by atoms with van der Waals surface area (Å²) < 4.78 is 29.9. The standard InChI is InChI=1S/C22H21NO5S/c1-16-5-4-8-19(13-16)23-21(24)15-28-22(25)11-12-29(26,27)20-10-9-17-6-2-3-7-18(17)14-20/h2-10,13-14H,11-12,15H2,1H3,(H,23,24). The van der Waals surface area contributed by atoms with Crippen LogP contribution >= 0.6 is 0 Å². The Morgan fingerprint density at radius 3 is 2.45 bits per heavy atom. The molecule has 1 N–H and O–H groups in total. The number of anilines is 1. The second-order valence-corrected chi connectivity index (χ2v) is 8.77. The van der Waals surface area contributed by atoms with Crippen molar-refractivity contribution in [2.45, 2.75) is 18.2 Å². The molecule has 0 radical (unpaired) electrons. The topological polar surface area (TPSA) is 89.5 Å². The maximum atomic E-state index is 12.5. The number of carbonyl (C=O) groups excluding carboxylic acids is 2. The lowest BCUT2D eigenvalue weighted by atomic mass is 10.1. The van der Waals surface area contributed by atoms with Crippen LogP contribution in [-0.2, 0) is 24.2 Å². The molecule has 0 aromatic heterocycles. The molecule has 0 aliphatic carbocycles. The quantitative estimate of drug-likeness (QED) is 0.601. The third-order valence-electron chi connectivity index (χ3n) is 4.32. The van der Waals surface area contributed by atoms with Crippen LogP contribution in [0.15, 0.2) is 71.6 Å². The second kappa shape index (κ2) is 8.87. The normalized spacial score (nSPS) is 11.2. The van der Waals surface area contributed by atoms with Gasteiger partial charge in [0, 0.05) is 5.69 Å². The molecule has 0 heterocycles. The predicted molar refractivity (Wildman–Crippen MR) is 111 cm³/mol. The molecule has 0 aliphatic heterocycles. The summed E-state index contributed by atoms with van der Waals surface area (Å²) in [6.07, 6.45) is -0.327. The number of nitrogens with one attached hydrogen (secondary N) is 1. The van der Waals surface area contributed by atoms with Gasteiger partial charge in [-0.2, -0.15) is 0 Å². The van der Waals surface area contributed by atoms with Gasteiger partial charge in [-0.3, -0.25) is 9.59 Å². The molecule has 0 spiro atoms. The van der Waals surface area contributed by atoms with Crippen molar-refractivity contribution in [3.05, 3.63) is 72.3 Å². The zero-order valence-corrected chi connectivity index (χ0v) is 16.7. The SMILES string of the molecule is Cc1cccc(NC(=O)COC(=O)CCS(=O)(=O)c2ccc3ccccc3c2)c1. The first-order valence-corrected chi connectivity index (χ1v) is 10.7. The van der Waals surface area contributed by atoms with Crippen molar-refractivity contribution in [1.82, 2.24) is 0 Å². The van der Waals surface area contributed by atoms with Crippen molar-refractivity contribution in [1.29, 1.82) is 0 Å². The first kappa shape index (κ1) is 20.5. The Labute approximate surface area is 169 Å². The summed E-state index contributed by atoms with van der Waals surface area (Å²) in [7, 11) is -3.64. The summed E-state index contributed by atoms with van der Waals surface area (Å²) in [5, 5.41) is 4.36. The Balaban J connectivity index is 1.51. The van der Waals surface area contributed by atoms with E-state index in [0.717, 1.165) is 16.3 Å². The highest BCUT2D eigenvalue weighted by Crippen LogP contribution is 2.20. The van der Waals surface area contributed by atoms with E-state index in [4.69, 9.17) is 4.74 Å². The van der Waals surface area contributed by atoms with Crippen molar-refractivity contribution in [2.24, 2.45) is 0 Å². The smallest absolute Gasteiger partial charge is 0.307 e. The molecule has 3 aromatic carbocycles. The minimum absolute atomic E-state index is 0.154. The molecule has 0 fully saturated rings. The van der Waals surface area contributed by atoms with Gasteiger partial charge in [0.05, 0.1) is 17.1 Å². The average Bonchev–Trinajstić information content (AvgIpc) is 2.70. The van der Waals surface area contributed by atoms with Gasteiger partial charge in [-0.15, -0.1) is 0 Å². The molecule has 3 rings (SSSR count). The van der Waals surface area contributed by atoms with E-state index in [9.17, 15) is 18.0 Å². The minimum atomic E-state index is -3.64. The molecular weight excluding hydrogens is 390 g/mol. The first-order chi connectivity index (χ1) is 13.8. The van der Waals surface area contributed by atoms with Gasteiger partial charge in [0.1, 0.15) is 0 Å². The predicted octanol–water partition coefficient (Wildman–Crippen LogP) is 3.49. The molecule has 29 heavy (non-hydrogen) atoms. The van der Waals surface area contributed by atoms with Crippen LogP contribution in [0.4, 0.5) is 5.69 Å². The lowest BCUT2D eigenvalue weighted by molar-refractivity contribution is -0.146. The Morgan fingerprint density at radius 2 is 1.69 bits per heavy atom. The molecule has 150 valence electrons. The largest absolute Gasteiger partial charge is 0.456 e. The molecule has 6 nitrogen and oxygen atoms in total. The minimum Gasteiger partial charge on any atom is -0.456 e. The zero-order chi connectivity index (χ0) is 20.9. The fraction of sp³-hybridized carbons (Fsp3) is 0.182. The summed E-state index contributed by atoms with van der Waals surface area (Å²) in [4.78, 5) is 23.9. The fourth-order valence-corrected chi connectivity index (χ4v) is 4.09. The number of carbonyl (C=O) groups is 2. The van der Waals surface area contributed by atoms with Gasteiger partial charge in [-0.1, -0.05) is 42.5 Å². The lowest BCUT2D eigenvalue weighted by Crippen LogP contribution is -2.22. The average molecular weight is 411 g/mol.